The first kappa shape index (κ1) is 15.2. The summed E-state index contributed by atoms with van der Waals surface area (Å²) in [4.78, 5) is 11.6. The fourth-order valence-corrected chi connectivity index (χ4v) is 2.15. The third-order valence-electron chi connectivity index (χ3n) is 3.04. The zero-order valence-electron chi connectivity index (χ0n) is 12.8. The first-order chi connectivity index (χ1) is 9.81. The topological polar surface area (TPSA) is 55.8 Å². The number of phenolic OH excluding ortho intramolecular Hbond substituents is 1. The molecule has 0 radical (unpaired) electrons. The number of aromatic hydroxyl groups is 1. The van der Waals surface area contributed by atoms with Gasteiger partial charge in [-0.1, -0.05) is 24.3 Å². The molecule has 0 aliphatic rings. The van der Waals surface area contributed by atoms with Gasteiger partial charge in [0.25, 0.3) is 0 Å². The maximum Gasteiger partial charge on any atom is 0.310 e. The van der Waals surface area contributed by atoms with E-state index in [4.69, 9.17) is 9.47 Å². The van der Waals surface area contributed by atoms with E-state index in [-0.39, 0.29) is 12.2 Å². The van der Waals surface area contributed by atoms with Gasteiger partial charge in [-0.3, -0.25) is 4.79 Å². The predicted molar refractivity (Wildman–Crippen MR) is 81.7 cm³/mol. The molecule has 21 heavy (non-hydrogen) atoms. The molecule has 1 N–H and O–H groups in total. The van der Waals surface area contributed by atoms with E-state index in [9.17, 15) is 9.90 Å². The minimum Gasteiger partial charge on any atom is -0.507 e. The van der Waals surface area contributed by atoms with Crippen LogP contribution in [0.2, 0.25) is 0 Å². The van der Waals surface area contributed by atoms with E-state index in [0.29, 0.717) is 11.3 Å². The van der Waals surface area contributed by atoms with E-state index in [1.807, 2.05) is 45.0 Å². The number of methoxy groups -OCH3 is 1. The van der Waals surface area contributed by atoms with Gasteiger partial charge in [-0.15, -0.1) is 0 Å². The highest BCUT2D eigenvalue weighted by molar-refractivity contribution is 5.93. The van der Waals surface area contributed by atoms with Crippen molar-refractivity contribution in [1.29, 1.82) is 0 Å². The third kappa shape index (κ3) is 3.45. The zero-order chi connectivity index (χ0) is 15.6. The average Bonchev–Trinajstić information content (AvgIpc) is 2.41. The summed E-state index contributed by atoms with van der Waals surface area (Å²) in [6, 6.07) is 9.24. The number of rotatable bonds is 3. The zero-order valence-corrected chi connectivity index (χ0v) is 12.8. The standard InChI is InChI=1S/C17H20O4/c1-17(2,3)21-16-12-8-6-5-7-11(12)9-14(18)13(16)10-15(19)20-4/h5-9,18H,10H2,1-4H3. The number of carbonyl (C=O) groups excluding carboxylic acids is 1. The highest BCUT2D eigenvalue weighted by Crippen LogP contribution is 2.38. The fraction of sp³-hybridized carbons (Fsp3) is 0.353. The minimum absolute atomic E-state index is 0.0292. The number of benzene rings is 2. The van der Waals surface area contributed by atoms with Crippen molar-refractivity contribution in [2.45, 2.75) is 32.8 Å². The second kappa shape index (κ2) is 5.64. The molecule has 0 fully saturated rings. The van der Waals surface area contributed by atoms with E-state index < -0.39 is 11.6 Å². The first-order valence-corrected chi connectivity index (χ1v) is 6.81. The monoisotopic (exact) mass is 288 g/mol. The summed E-state index contributed by atoms with van der Waals surface area (Å²) in [5.74, 6) is 0.154. The molecule has 4 nitrogen and oxygen atoms in total. The Morgan fingerprint density at radius 3 is 2.52 bits per heavy atom. The lowest BCUT2D eigenvalue weighted by molar-refractivity contribution is -0.139. The molecule has 0 saturated carbocycles. The van der Waals surface area contributed by atoms with Crippen LogP contribution in [0.1, 0.15) is 26.3 Å². The van der Waals surface area contributed by atoms with Gasteiger partial charge in [-0.2, -0.15) is 0 Å². The summed E-state index contributed by atoms with van der Waals surface area (Å²) < 4.78 is 10.7. The molecule has 0 unspecified atom stereocenters. The Morgan fingerprint density at radius 1 is 1.24 bits per heavy atom. The third-order valence-corrected chi connectivity index (χ3v) is 3.04. The molecule has 0 spiro atoms. The van der Waals surface area contributed by atoms with Crippen LogP contribution in [0, 0.1) is 0 Å². The molecule has 0 saturated heterocycles. The number of hydrogen-bond donors (Lipinski definition) is 1. The van der Waals surface area contributed by atoms with Gasteiger partial charge in [0.2, 0.25) is 0 Å². The molecule has 2 aromatic rings. The SMILES string of the molecule is COC(=O)Cc1c(O)cc2ccccc2c1OC(C)(C)C. The molecular formula is C17H20O4. The maximum absolute atomic E-state index is 11.6. The number of fused-ring (bicyclic) bond motifs is 1. The van der Waals surface area contributed by atoms with Crippen molar-refractivity contribution in [3.05, 3.63) is 35.9 Å². The Labute approximate surface area is 124 Å². The highest BCUT2D eigenvalue weighted by atomic mass is 16.5. The Balaban J connectivity index is 2.66. The van der Waals surface area contributed by atoms with Crippen molar-refractivity contribution in [2.24, 2.45) is 0 Å². The minimum atomic E-state index is -0.443. The lowest BCUT2D eigenvalue weighted by atomic mass is 10.0. The van der Waals surface area contributed by atoms with Gasteiger partial charge < -0.3 is 14.6 Å². The van der Waals surface area contributed by atoms with Crippen molar-refractivity contribution >= 4 is 16.7 Å². The summed E-state index contributed by atoms with van der Waals surface area (Å²) in [5.41, 5.74) is 0.0111. The molecule has 0 aliphatic heterocycles. The fourth-order valence-electron chi connectivity index (χ4n) is 2.15. The number of phenols is 1. The molecule has 0 heterocycles. The molecule has 0 amide bonds. The van der Waals surface area contributed by atoms with Crippen molar-refractivity contribution in [2.75, 3.05) is 7.11 Å². The summed E-state index contributed by atoms with van der Waals surface area (Å²) >= 11 is 0. The lowest BCUT2D eigenvalue weighted by Crippen LogP contribution is -2.24. The Kier molecular flexibility index (Phi) is 4.07. The molecule has 0 bridgehead atoms. The quantitative estimate of drug-likeness (QED) is 0.879. The van der Waals surface area contributed by atoms with Crippen molar-refractivity contribution < 1.29 is 19.4 Å². The van der Waals surface area contributed by atoms with Gasteiger partial charge in [0, 0.05) is 10.9 Å². The van der Waals surface area contributed by atoms with Crippen LogP contribution in [-0.2, 0) is 16.0 Å². The first-order valence-electron chi connectivity index (χ1n) is 6.81. The molecular weight excluding hydrogens is 268 g/mol. The van der Waals surface area contributed by atoms with Crippen molar-refractivity contribution in [3.63, 3.8) is 0 Å². The number of esters is 1. The van der Waals surface area contributed by atoms with Crippen LogP contribution in [0.3, 0.4) is 0 Å². The van der Waals surface area contributed by atoms with Crippen LogP contribution in [0.5, 0.6) is 11.5 Å². The molecule has 0 aromatic heterocycles. The normalized spacial score (nSPS) is 11.4. The molecule has 2 aromatic carbocycles. The number of carbonyl (C=O) groups is 1. The van der Waals surface area contributed by atoms with Gasteiger partial charge in [-0.25, -0.2) is 0 Å². The summed E-state index contributed by atoms with van der Waals surface area (Å²) in [6.45, 7) is 5.77. The largest absolute Gasteiger partial charge is 0.507 e. The van der Waals surface area contributed by atoms with Crippen LogP contribution < -0.4 is 4.74 Å². The number of hydrogen-bond acceptors (Lipinski definition) is 4. The van der Waals surface area contributed by atoms with Crippen LogP contribution in [0.25, 0.3) is 10.8 Å². The molecule has 2 rings (SSSR count). The predicted octanol–water partition coefficient (Wildman–Crippen LogP) is 3.44. The van der Waals surface area contributed by atoms with E-state index >= 15 is 0 Å². The van der Waals surface area contributed by atoms with Gasteiger partial charge in [-0.05, 0) is 32.2 Å². The average molecular weight is 288 g/mol. The Morgan fingerprint density at radius 2 is 1.90 bits per heavy atom. The lowest BCUT2D eigenvalue weighted by Gasteiger charge is -2.25. The van der Waals surface area contributed by atoms with Crippen LogP contribution in [0.4, 0.5) is 0 Å². The van der Waals surface area contributed by atoms with E-state index in [0.717, 1.165) is 10.8 Å². The molecule has 0 atom stereocenters. The molecule has 112 valence electrons. The molecule has 0 aliphatic carbocycles. The second-order valence-corrected chi connectivity index (χ2v) is 5.89. The summed E-state index contributed by atoms with van der Waals surface area (Å²) in [7, 11) is 1.32. The molecule has 4 heteroatoms. The Bertz CT molecular complexity index is 668. The van der Waals surface area contributed by atoms with Gasteiger partial charge in [0.05, 0.1) is 13.5 Å². The van der Waals surface area contributed by atoms with Crippen LogP contribution in [-0.4, -0.2) is 23.8 Å². The Hall–Kier alpha value is -2.23. The van der Waals surface area contributed by atoms with Crippen molar-refractivity contribution in [3.8, 4) is 11.5 Å². The number of ether oxygens (including phenoxy) is 2. The van der Waals surface area contributed by atoms with Crippen LogP contribution in [0.15, 0.2) is 30.3 Å². The van der Waals surface area contributed by atoms with Gasteiger partial charge in [0.1, 0.15) is 17.1 Å². The van der Waals surface area contributed by atoms with E-state index in [1.165, 1.54) is 7.11 Å². The summed E-state index contributed by atoms with van der Waals surface area (Å²) in [6.07, 6.45) is -0.0292. The second-order valence-electron chi connectivity index (χ2n) is 5.89. The van der Waals surface area contributed by atoms with E-state index in [2.05, 4.69) is 0 Å². The van der Waals surface area contributed by atoms with E-state index in [1.54, 1.807) is 6.07 Å². The maximum atomic E-state index is 11.6. The van der Waals surface area contributed by atoms with Gasteiger partial charge >= 0.3 is 5.97 Å². The van der Waals surface area contributed by atoms with Crippen molar-refractivity contribution in [1.82, 2.24) is 0 Å². The highest BCUT2D eigenvalue weighted by Gasteiger charge is 2.22. The summed E-state index contributed by atoms with van der Waals surface area (Å²) in [5, 5.41) is 12.0. The van der Waals surface area contributed by atoms with Crippen LogP contribution >= 0.6 is 0 Å². The smallest absolute Gasteiger partial charge is 0.310 e. The van der Waals surface area contributed by atoms with Gasteiger partial charge in [0.15, 0.2) is 0 Å².